The van der Waals surface area contributed by atoms with E-state index in [1.807, 2.05) is 0 Å². The maximum Gasteiger partial charge on any atom is 0.264 e. The molecule has 6 heteroatoms. The van der Waals surface area contributed by atoms with Gasteiger partial charge in [-0.3, -0.25) is 4.18 Å². The third-order valence-electron chi connectivity index (χ3n) is 0.687. The van der Waals surface area contributed by atoms with E-state index < -0.39 is 22.8 Å². The Hall–Kier alpha value is 0.160. The van der Waals surface area contributed by atoms with Gasteiger partial charge < -0.3 is 5.11 Å². The molecular weight excluding hydrogens is 180 g/mol. The van der Waals surface area contributed by atoms with Crippen LogP contribution in [0.15, 0.2) is 0 Å². The van der Waals surface area contributed by atoms with Crippen molar-refractivity contribution in [3.63, 3.8) is 0 Å². The summed E-state index contributed by atoms with van der Waals surface area (Å²) in [4.78, 5) is 0. The Kier molecular flexibility index (Phi) is 4.19. The van der Waals surface area contributed by atoms with Crippen LogP contribution in [0.1, 0.15) is 0 Å². The highest BCUT2D eigenvalue weighted by atomic mass is 35.5. The van der Waals surface area contributed by atoms with Gasteiger partial charge in [0, 0.05) is 0 Å². The summed E-state index contributed by atoms with van der Waals surface area (Å²) < 4.78 is 25.1. The molecule has 0 aromatic heterocycles. The highest BCUT2D eigenvalue weighted by Crippen LogP contribution is 1.98. The molecule has 4 nitrogen and oxygen atoms in total. The Balaban J connectivity index is 3.87. The number of aliphatic hydroxyl groups is 1. The first-order valence-corrected chi connectivity index (χ1v) is 4.89. The lowest BCUT2D eigenvalue weighted by Crippen LogP contribution is -2.22. The van der Waals surface area contributed by atoms with Crippen LogP contribution in [0.2, 0.25) is 0 Å². The largest absolute Gasteiger partial charge is 0.394 e. The molecule has 1 atom stereocenters. The minimum atomic E-state index is -3.49. The van der Waals surface area contributed by atoms with Crippen molar-refractivity contribution >= 4 is 21.7 Å². The van der Waals surface area contributed by atoms with Crippen LogP contribution in [-0.2, 0) is 14.3 Å². The third kappa shape index (κ3) is 4.99. The molecule has 0 radical (unpaired) electrons. The molecule has 0 saturated heterocycles. The van der Waals surface area contributed by atoms with Crippen LogP contribution >= 0.6 is 11.6 Å². The van der Waals surface area contributed by atoms with E-state index in [1.54, 1.807) is 0 Å². The molecule has 0 rings (SSSR count). The van der Waals surface area contributed by atoms with E-state index >= 15 is 0 Å². The molecule has 0 bridgehead atoms. The predicted molar refractivity (Wildman–Crippen MR) is 37.5 cm³/mol. The van der Waals surface area contributed by atoms with Gasteiger partial charge >= 0.3 is 0 Å². The van der Waals surface area contributed by atoms with E-state index in [2.05, 4.69) is 4.18 Å². The molecule has 0 aliphatic carbocycles. The normalized spacial score (nSPS) is 15.1. The number of aliphatic hydroxyl groups excluding tert-OH is 1. The van der Waals surface area contributed by atoms with Gasteiger partial charge in [0.15, 0.2) is 0 Å². The fourth-order valence-corrected chi connectivity index (χ4v) is 1.21. The van der Waals surface area contributed by atoms with Gasteiger partial charge in [0.1, 0.15) is 6.10 Å². The number of halogens is 1. The highest BCUT2D eigenvalue weighted by molar-refractivity contribution is 7.86. The second-order valence-electron chi connectivity index (χ2n) is 1.76. The van der Waals surface area contributed by atoms with Crippen LogP contribution in [0.5, 0.6) is 0 Å². The Bertz CT molecular complexity index is 172. The van der Waals surface area contributed by atoms with Crippen molar-refractivity contribution in [3.8, 4) is 0 Å². The van der Waals surface area contributed by atoms with E-state index in [1.165, 1.54) is 0 Å². The smallest absolute Gasteiger partial charge is 0.264 e. The molecule has 0 unspecified atom stereocenters. The molecule has 62 valence electrons. The third-order valence-corrected chi connectivity index (χ3v) is 1.65. The first-order chi connectivity index (χ1) is 4.49. The van der Waals surface area contributed by atoms with Crippen LogP contribution in [-0.4, -0.2) is 38.4 Å². The fourth-order valence-electron chi connectivity index (χ4n) is 0.352. The molecule has 0 fully saturated rings. The van der Waals surface area contributed by atoms with Gasteiger partial charge in [0.05, 0.1) is 18.7 Å². The van der Waals surface area contributed by atoms with Crippen molar-refractivity contribution in [1.29, 1.82) is 0 Å². The molecule has 0 aliphatic rings. The molecule has 0 saturated carbocycles. The summed E-state index contributed by atoms with van der Waals surface area (Å²) in [7, 11) is -3.49. The van der Waals surface area contributed by atoms with Gasteiger partial charge in [0.25, 0.3) is 10.1 Å². The standard InChI is InChI=1S/C4H9ClO4S/c1-10(7,8)9-4(2-5)3-6/h4,6H,2-3H2,1H3/t4-/m0/s1. The van der Waals surface area contributed by atoms with Crippen LogP contribution in [0.4, 0.5) is 0 Å². The predicted octanol–water partition coefficient (Wildman–Crippen LogP) is -0.438. The molecule has 10 heavy (non-hydrogen) atoms. The van der Waals surface area contributed by atoms with Crippen molar-refractivity contribution in [1.82, 2.24) is 0 Å². The SMILES string of the molecule is CS(=O)(=O)O[C@H](CO)CCl. The van der Waals surface area contributed by atoms with Gasteiger partial charge in [-0.05, 0) is 0 Å². The second-order valence-corrected chi connectivity index (χ2v) is 3.67. The Morgan fingerprint density at radius 2 is 2.20 bits per heavy atom. The number of hydrogen-bond donors (Lipinski definition) is 1. The van der Waals surface area contributed by atoms with Crippen molar-refractivity contribution in [3.05, 3.63) is 0 Å². The molecule has 0 aliphatic heterocycles. The summed E-state index contributed by atoms with van der Waals surface area (Å²) in [6.45, 7) is -0.392. The van der Waals surface area contributed by atoms with Crippen molar-refractivity contribution in [2.75, 3.05) is 18.7 Å². The summed E-state index contributed by atoms with van der Waals surface area (Å²) >= 11 is 5.22. The maximum absolute atomic E-state index is 10.4. The lowest BCUT2D eigenvalue weighted by atomic mass is 10.4. The molecule has 1 N–H and O–H groups in total. The topological polar surface area (TPSA) is 63.6 Å². The Morgan fingerprint density at radius 3 is 2.30 bits per heavy atom. The van der Waals surface area contributed by atoms with Crippen LogP contribution < -0.4 is 0 Å². The van der Waals surface area contributed by atoms with Crippen molar-refractivity contribution in [2.24, 2.45) is 0 Å². The Morgan fingerprint density at radius 1 is 1.70 bits per heavy atom. The van der Waals surface area contributed by atoms with Gasteiger partial charge in [-0.2, -0.15) is 8.42 Å². The van der Waals surface area contributed by atoms with Crippen LogP contribution in [0, 0.1) is 0 Å². The van der Waals surface area contributed by atoms with Gasteiger partial charge in [0.2, 0.25) is 0 Å². The first-order valence-electron chi connectivity index (χ1n) is 2.54. The first kappa shape index (κ1) is 10.2. The van der Waals surface area contributed by atoms with Crippen molar-refractivity contribution in [2.45, 2.75) is 6.10 Å². The number of rotatable bonds is 4. The van der Waals surface area contributed by atoms with Crippen LogP contribution in [0.3, 0.4) is 0 Å². The monoisotopic (exact) mass is 188 g/mol. The summed E-state index contributed by atoms with van der Waals surface area (Å²) in [5, 5.41) is 8.42. The lowest BCUT2D eigenvalue weighted by Gasteiger charge is -2.08. The van der Waals surface area contributed by atoms with E-state index in [0.717, 1.165) is 6.26 Å². The summed E-state index contributed by atoms with van der Waals surface area (Å²) in [5.41, 5.74) is 0. The van der Waals surface area contributed by atoms with E-state index in [9.17, 15) is 8.42 Å². The zero-order chi connectivity index (χ0) is 8.20. The number of alkyl halides is 1. The van der Waals surface area contributed by atoms with Gasteiger partial charge in [-0.15, -0.1) is 11.6 Å². The summed E-state index contributed by atoms with van der Waals surface area (Å²) in [5.74, 6) is -0.0381. The lowest BCUT2D eigenvalue weighted by molar-refractivity contribution is 0.138. The summed E-state index contributed by atoms with van der Waals surface area (Å²) in [6, 6.07) is 0. The van der Waals surface area contributed by atoms with E-state index in [0.29, 0.717) is 0 Å². The van der Waals surface area contributed by atoms with Gasteiger partial charge in [-0.25, -0.2) is 0 Å². The molecule has 0 aromatic carbocycles. The number of hydrogen-bond acceptors (Lipinski definition) is 4. The highest BCUT2D eigenvalue weighted by Gasteiger charge is 2.12. The Labute approximate surface area is 64.9 Å². The molecule has 0 spiro atoms. The molecule has 0 heterocycles. The minimum absolute atomic E-state index is 0.0381. The van der Waals surface area contributed by atoms with E-state index in [-0.39, 0.29) is 5.88 Å². The van der Waals surface area contributed by atoms with Gasteiger partial charge in [-0.1, -0.05) is 0 Å². The average molecular weight is 189 g/mol. The van der Waals surface area contributed by atoms with E-state index in [4.69, 9.17) is 16.7 Å². The molecule has 0 amide bonds. The zero-order valence-corrected chi connectivity index (χ0v) is 7.02. The fraction of sp³-hybridized carbons (Fsp3) is 1.00. The quantitative estimate of drug-likeness (QED) is 0.480. The average Bonchev–Trinajstić information content (AvgIpc) is 1.81. The second kappa shape index (κ2) is 4.12. The zero-order valence-electron chi connectivity index (χ0n) is 5.45. The molecular formula is C4H9ClO4S. The van der Waals surface area contributed by atoms with Crippen LogP contribution in [0.25, 0.3) is 0 Å². The van der Waals surface area contributed by atoms with Crippen molar-refractivity contribution < 1.29 is 17.7 Å². The maximum atomic E-state index is 10.4. The molecule has 0 aromatic rings. The summed E-state index contributed by atoms with van der Waals surface area (Å²) in [6.07, 6.45) is 0.0824. The minimum Gasteiger partial charge on any atom is -0.394 e.